The molecule has 1 amide bonds. The van der Waals surface area contributed by atoms with Crippen LogP contribution in [0.4, 0.5) is 11.4 Å². The number of nitrogens with one attached hydrogen (secondary N) is 2. The minimum atomic E-state index is -0.202. The van der Waals surface area contributed by atoms with Crippen molar-refractivity contribution in [3.05, 3.63) is 52.3 Å². The predicted molar refractivity (Wildman–Crippen MR) is 86.6 cm³/mol. The highest BCUT2D eigenvalue weighted by atomic mass is 35.5. The zero-order chi connectivity index (χ0) is 15.4. The Labute approximate surface area is 133 Å². The van der Waals surface area contributed by atoms with Crippen molar-refractivity contribution < 1.29 is 4.79 Å². The molecule has 0 aliphatic heterocycles. The molecular weight excluding hydrogens is 309 g/mol. The molecule has 0 bridgehead atoms. The van der Waals surface area contributed by atoms with E-state index in [0.717, 1.165) is 0 Å². The van der Waals surface area contributed by atoms with Crippen molar-refractivity contribution in [2.45, 2.75) is 19.9 Å². The van der Waals surface area contributed by atoms with Crippen LogP contribution < -0.4 is 10.6 Å². The molecule has 0 spiro atoms. The summed E-state index contributed by atoms with van der Waals surface area (Å²) in [5.41, 5.74) is 1.67. The third kappa shape index (κ3) is 4.09. The van der Waals surface area contributed by atoms with Crippen molar-refractivity contribution in [3.8, 4) is 0 Å². The normalized spacial score (nSPS) is 10.5. The highest BCUT2D eigenvalue weighted by molar-refractivity contribution is 6.39. The zero-order valence-electron chi connectivity index (χ0n) is 11.7. The molecule has 2 aromatic rings. The van der Waals surface area contributed by atoms with Crippen LogP contribution in [0.3, 0.4) is 0 Å². The Bertz CT molecular complexity index is 622. The molecule has 6 heteroatoms. The number of hydrogen-bond acceptors (Lipinski definition) is 3. The number of nitrogens with zero attached hydrogens (tertiary/aromatic N) is 1. The van der Waals surface area contributed by atoms with Crippen LogP contribution in [0, 0.1) is 0 Å². The molecular formula is C15H15Cl2N3O. The van der Waals surface area contributed by atoms with Gasteiger partial charge in [0.15, 0.2) is 0 Å². The monoisotopic (exact) mass is 323 g/mol. The van der Waals surface area contributed by atoms with Crippen molar-refractivity contribution in [1.29, 1.82) is 0 Å². The van der Waals surface area contributed by atoms with E-state index in [1.807, 2.05) is 13.8 Å². The van der Waals surface area contributed by atoms with Gasteiger partial charge in [0.2, 0.25) is 0 Å². The fraction of sp³-hybridized carbons (Fsp3) is 0.200. The number of rotatable bonds is 4. The number of benzene rings is 1. The average molecular weight is 324 g/mol. The zero-order valence-corrected chi connectivity index (χ0v) is 13.2. The van der Waals surface area contributed by atoms with Crippen molar-refractivity contribution >= 4 is 40.5 Å². The van der Waals surface area contributed by atoms with Crippen molar-refractivity contribution in [2.24, 2.45) is 0 Å². The molecule has 0 fully saturated rings. The first-order chi connectivity index (χ1) is 9.97. The van der Waals surface area contributed by atoms with Crippen LogP contribution in [0.25, 0.3) is 0 Å². The number of pyridine rings is 1. The second-order valence-corrected chi connectivity index (χ2v) is 5.60. The first-order valence-corrected chi connectivity index (χ1v) is 7.21. The van der Waals surface area contributed by atoms with E-state index in [2.05, 4.69) is 15.6 Å². The molecule has 0 aliphatic rings. The van der Waals surface area contributed by atoms with E-state index >= 15 is 0 Å². The molecule has 0 unspecified atom stereocenters. The number of amides is 1. The lowest BCUT2D eigenvalue weighted by Gasteiger charge is -2.11. The molecule has 0 aliphatic carbocycles. The minimum Gasteiger partial charge on any atom is -0.352 e. The standard InChI is InChI=1S/C15H15Cl2N3O/c1-9(2)19-15(21)13-7-6-10(8-18-13)20-14-11(16)4-3-5-12(14)17/h3-9,20H,1-2H3,(H,19,21). The molecule has 1 heterocycles. The summed E-state index contributed by atoms with van der Waals surface area (Å²) in [5.74, 6) is -0.202. The van der Waals surface area contributed by atoms with Crippen LogP contribution in [-0.2, 0) is 0 Å². The van der Waals surface area contributed by atoms with Crippen LogP contribution >= 0.6 is 23.2 Å². The van der Waals surface area contributed by atoms with E-state index in [9.17, 15) is 4.79 Å². The Hall–Kier alpha value is -1.78. The SMILES string of the molecule is CC(C)NC(=O)c1ccc(Nc2c(Cl)cccc2Cl)cn1. The Kier molecular flexibility index (Phi) is 5.04. The van der Waals surface area contributed by atoms with E-state index in [1.165, 1.54) is 0 Å². The molecule has 0 saturated carbocycles. The number of halogens is 2. The maximum absolute atomic E-state index is 11.8. The Morgan fingerprint density at radius 2 is 1.81 bits per heavy atom. The number of para-hydroxylation sites is 1. The molecule has 110 valence electrons. The second-order valence-electron chi connectivity index (χ2n) is 4.78. The average Bonchev–Trinajstić information content (AvgIpc) is 2.43. The Morgan fingerprint density at radius 3 is 2.33 bits per heavy atom. The van der Waals surface area contributed by atoms with Crippen molar-refractivity contribution in [1.82, 2.24) is 10.3 Å². The molecule has 21 heavy (non-hydrogen) atoms. The van der Waals surface area contributed by atoms with Crippen molar-refractivity contribution in [2.75, 3.05) is 5.32 Å². The number of anilines is 2. The van der Waals surface area contributed by atoms with Gasteiger partial charge < -0.3 is 10.6 Å². The van der Waals surface area contributed by atoms with Crippen molar-refractivity contribution in [3.63, 3.8) is 0 Å². The van der Waals surface area contributed by atoms with Crippen LogP contribution in [0.2, 0.25) is 10.0 Å². The van der Waals surface area contributed by atoms with Crippen LogP contribution in [0.1, 0.15) is 24.3 Å². The molecule has 0 saturated heterocycles. The number of carbonyl (C=O) groups is 1. The van der Waals surface area contributed by atoms with E-state index in [0.29, 0.717) is 27.1 Å². The maximum atomic E-state index is 11.8. The predicted octanol–water partition coefficient (Wildman–Crippen LogP) is 4.27. The highest BCUT2D eigenvalue weighted by Crippen LogP contribution is 2.32. The van der Waals surface area contributed by atoms with E-state index in [-0.39, 0.29) is 11.9 Å². The molecule has 0 atom stereocenters. The quantitative estimate of drug-likeness (QED) is 0.883. The van der Waals surface area contributed by atoms with E-state index < -0.39 is 0 Å². The molecule has 0 radical (unpaired) electrons. The van der Waals surface area contributed by atoms with E-state index in [1.54, 1.807) is 36.5 Å². The van der Waals surface area contributed by atoms with Gasteiger partial charge in [-0.2, -0.15) is 0 Å². The minimum absolute atomic E-state index is 0.0685. The lowest BCUT2D eigenvalue weighted by molar-refractivity contribution is 0.0938. The van der Waals surface area contributed by atoms with Gasteiger partial charge in [0.05, 0.1) is 27.6 Å². The second kappa shape index (κ2) is 6.78. The molecule has 2 N–H and O–H groups in total. The van der Waals surface area contributed by atoms with Crippen LogP contribution in [-0.4, -0.2) is 16.9 Å². The fourth-order valence-corrected chi connectivity index (χ4v) is 2.19. The Morgan fingerprint density at radius 1 is 1.14 bits per heavy atom. The first-order valence-electron chi connectivity index (χ1n) is 6.45. The summed E-state index contributed by atoms with van der Waals surface area (Å²) in [5, 5.41) is 6.91. The van der Waals surface area contributed by atoms with E-state index in [4.69, 9.17) is 23.2 Å². The van der Waals surface area contributed by atoms with Gasteiger partial charge in [-0.15, -0.1) is 0 Å². The van der Waals surface area contributed by atoms with Gasteiger partial charge >= 0.3 is 0 Å². The fourth-order valence-electron chi connectivity index (χ4n) is 1.70. The number of hydrogen-bond donors (Lipinski definition) is 2. The van der Waals surface area contributed by atoms with Gasteiger partial charge in [-0.3, -0.25) is 4.79 Å². The van der Waals surface area contributed by atoms with Crippen LogP contribution in [0.5, 0.6) is 0 Å². The van der Waals surface area contributed by atoms with Gasteiger partial charge in [0, 0.05) is 6.04 Å². The van der Waals surface area contributed by atoms with Gasteiger partial charge in [0.1, 0.15) is 5.69 Å². The summed E-state index contributed by atoms with van der Waals surface area (Å²) < 4.78 is 0. The molecule has 1 aromatic heterocycles. The summed E-state index contributed by atoms with van der Waals surface area (Å²) >= 11 is 12.2. The third-order valence-electron chi connectivity index (χ3n) is 2.65. The topological polar surface area (TPSA) is 54.0 Å². The third-order valence-corrected chi connectivity index (χ3v) is 3.28. The molecule has 2 rings (SSSR count). The van der Waals surface area contributed by atoms with Gasteiger partial charge in [-0.1, -0.05) is 29.3 Å². The summed E-state index contributed by atoms with van der Waals surface area (Å²) in [6.07, 6.45) is 1.56. The Balaban J connectivity index is 2.15. The lowest BCUT2D eigenvalue weighted by Crippen LogP contribution is -2.30. The van der Waals surface area contributed by atoms with Gasteiger partial charge in [0.25, 0.3) is 5.91 Å². The van der Waals surface area contributed by atoms with Crippen LogP contribution in [0.15, 0.2) is 36.5 Å². The smallest absolute Gasteiger partial charge is 0.270 e. The highest BCUT2D eigenvalue weighted by Gasteiger charge is 2.09. The van der Waals surface area contributed by atoms with Gasteiger partial charge in [-0.05, 0) is 38.1 Å². The first kappa shape index (κ1) is 15.6. The molecule has 1 aromatic carbocycles. The summed E-state index contributed by atoms with van der Waals surface area (Å²) in [6.45, 7) is 3.79. The lowest BCUT2D eigenvalue weighted by atomic mass is 10.2. The number of carbonyl (C=O) groups excluding carboxylic acids is 1. The van der Waals surface area contributed by atoms with Gasteiger partial charge in [-0.25, -0.2) is 4.98 Å². The molecule has 4 nitrogen and oxygen atoms in total. The summed E-state index contributed by atoms with van der Waals surface area (Å²) in [4.78, 5) is 15.9. The summed E-state index contributed by atoms with van der Waals surface area (Å²) in [7, 11) is 0. The summed E-state index contributed by atoms with van der Waals surface area (Å²) in [6, 6.07) is 8.72. The maximum Gasteiger partial charge on any atom is 0.270 e. The largest absolute Gasteiger partial charge is 0.352 e. The number of aromatic nitrogens is 1.